The molecule has 3 heterocycles. The van der Waals surface area contributed by atoms with Gasteiger partial charge in [0.05, 0.1) is 18.3 Å². The van der Waals surface area contributed by atoms with Crippen LogP contribution in [0, 0.1) is 0 Å². The van der Waals surface area contributed by atoms with Crippen molar-refractivity contribution in [1.82, 2.24) is 24.0 Å². The predicted molar refractivity (Wildman–Crippen MR) is 90.6 cm³/mol. The van der Waals surface area contributed by atoms with Crippen LogP contribution in [0.2, 0.25) is 0 Å². The first-order chi connectivity index (χ1) is 11.8. The molecule has 0 aliphatic carbocycles. The summed E-state index contributed by atoms with van der Waals surface area (Å²) in [6.45, 7) is 3.19. The third kappa shape index (κ3) is 2.50. The largest absolute Gasteiger partial charge is 0.331 e. The highest BCUT2D eigenvalue weighted by atomic mass is 32.1. The maximum Gasteiger partial charge on any atom is 0.268 e. The number of carbonyl (C=O) groups excluding carboxylic acids is 1. The molecule has 0 spiro atoms. The minimum absolute atomic E-state index is 0.00930. The summed E-state index contributed by atoms with van der Waals surface area (Å²) in [6, 6.07) is 10.1. The van der Waals surface area contributed by atoms with E-state index in [-0.39, 0.29) is 11.9 Å². The lowest BCUT2D eigenvalue weighted by Gasteiger charge is -2.36. The number of hydrogen-bond acceptors (Lipinski definition) is 5. The lowest BCUT2D eigenvalue weighted by atomic mass is 10.0. The van der Waals surface area contributed by atoms with Gasteiger partial charge in [0.15, 0.2) is 0 Å². The van der Waals surface area contributed by atoms with Gasteiger partial charge in [-0.25, -0.2) is 4.98 Å². The molecule has 1 amide bonds. The highest BCUT2D eigenvalue weighted by Gasteiger charge is 2.33. The van der Waals surface area contributed by atoms with Crippen molar-refractivity contribution in [1.29, 1.82) is 0 Å². The summed E-state index contributed by atoms with van der Waals surface area (Å²) in [6.07, 6.45) is 4.46. The van der Waals surface area contributed by atoms with Crippen LogP contribution in [0.4, 0.5) is 0 Å². The molecule has 0 unspecified atom stereocenters. The fourth-order valence-electron chi connectivity index (χ4n) is 3.11. The monoisotopic (exact) mass is 339 g/mol. The lowest BCUT2D eigenvalue weighted by molar-refractivity contribution is 0.0588. The van der Waals surface area contributed by atoms with Crippen LogP contribution in [-0.4, -0.2) is 29.9 Å². The number of benzene rings is 1. The number of fused-ring (bicyclic) bond motifs is 1. The van der Waals surface area contributed by atoms with E-state index in [0.29, 0.717) is 24.4 Å². The molecule has 0 radical (unpaired) electrons. The Morgan fingerprint density at radius 2 is 2.17 bits per heavy atom. The van der Waals surface area contributed by atoms with Gasteiger partial charge in [-0.3, -0.25) is 4.79 Å². The van der Waals surface area contributed by atoms with Crippen molar-refractivity contribution in [3.05, 3.63) is 64.7 Å². The minimum Gasteiger partial charge on any atom is -0.331 e. The fourth-order valence-corrected chi connectivity index (χ4v) is 3.82. The molecule has 0 N–H and O–H groups in total. The van der Waals surface area contributed by atoms with Gasteiger partial charge in [0.25, 0.3) is 5.91 Å². The van der Waals surface area contributed by atoms with Crippen molar-refractivity contribution in [2.24, 2.45) is 0 Å². The molecule has 1 atom stereocenters. The first-order valence-electron chi connectivity index (χ1n) is 7.95. The van der Waals surface area contributed by atoms with Crippen LogP contribution in [0.5, 0.6) is 0 Å². The number of aryl methyl sites for hydroxylation is 1. The molecular formula is C17H17N5OS. The minimum atomic E-state index is -0.0211. The van der Waals surface area contributed by atoms with Crippen molar-refractivity contribution >= 4 is 17.4 Å². The maximum absolute atomic E-state index is 13.2. The Kier molecular flexibility index (Phi) is 3.86. The number of amides is 1. The van der Waals surface area contributed by atoms with Crippen molar-refractivity contribution in [2.75, 3.05) is 0 Å². The number of imidazole rings is 1. The molecular weight excluding hydrogens is 322 g/mol. The Balaban J connectivity index is 1.74. The fraction of sp³-hybridized carbons (Fsp3) is 0.294. The van der Waals surface area contributed by atoms with Crippen molar-refractivity contribution in [3.63, 3.8) is 0 Å². The Bertz CT molecular complexity index is 857. The molecule has 0 saturated carbocycles. The van der Waals surface area contributed by atoms with E-state index in [1.807, 2.05) is 36.2 Å². The van der Waals surface area contributed by atoms with Gasteiger partial charge in [-0.05, 0) is 23.5 Å². The Morgan fingerprint density at radius 3 is 2.96 bits per heavy atom. The molecule has 2 aromatic heterocycles. The summed E-state index contributed by atoms with van der Waals surface area (Å²) in [7, 11) is 0. The van der Waals surface area contributed by atoms with Gasteiger partial charge >= 0.3 is 0 Å². The number of hydrogen-bond donors (Lipinski definition) is 0. The van der Waals surface area contributed by atoms with Crippen LogP contribution in [-0.2, 0) is 19.5 Å². The molecule has 6 nitrogen and oxygen atoms in total. The van der Waals surface area contributed by atoms with Crippen molar-refractivity contribution < 1.29 is 4.79 Å². The zero-order valence-corrected chi connectivity index (χ0v) is 14.1. The topological polar surface area (TPSA) is 63.9 Å². The zero-order chi connectivity index (χ0) is 16.5. The SMILES string of the molecule is CCc1nnsc1C(=O)N1Cc2nccn2C[C@@H]1c1ccccc1. The third-order valence-corrected chi connectivity index (χ3v) is 5.15. The first-order valence-corrected chi connectivity index (χ1v) is 8.72. The molecule has 3 aromatic rings. The van der Waals surface area contributed by atoms with Gasteiger partial charge in [0.2, 0.25) is 0 Å². The van der Waals surface area contributed by atoms with Gasteiger partial charge in [0.1, 0.15) is 10.7 Å². The predicted octanol–water partition coefficient (Wildman–Crippen LogP) is 2.69. The summed E-state index contributed by atoms with van der Waals surface area (Å²) in [5.41, 5.74) is 1.89. The molecule has 4 rings (SSSR count). The van der Waals surface area contributed by atoms with Crippen LogP contribution in [0.3, 0.4) is 0 Å². The number of nitrogens with zero attached hydrogens (tertiary/aromatic N) is 5. The summed E-state index contributed by atoms with van der Waals surface area (Å²) in [4.78, 5) is 20.1. The summed E-state index contributed by atoms with van der Waals surface area (Å²) in [5, 5.41) is 4.08. The Hall–Kier alpha value is -2.54. The molecule has 0 bridgehead atoms. The van der Waals surface area contributed by atoms with E-state index >= 15 is 0 Å². The average Bonchev–Trinajstić information content (AvgIpc) is 3.29. The standard InChI is InChI=1S/C17H17N5OS/c1-2-13-16(24-20-19-13)17(23)22-11-15-18-8-9-21(15)10-14(22)12-6-4-3-5-7-12/h3-9,14H,2,10-11H2,1H3/t14-/m1/s1. The maximum atomic E-state index is 13.2. The molecule has 1 aliphatic heterocycles. The zero-order valence-electron chi connectivity index (χ0n) is 13.3. The van der Waals surface area contributed by atoms with Gasteiger partial charge in [0, 0.05) is 18.9 Å². The summed E-state index contributed by atoms with van der Waals surface area (Å²) >= 11 is 1.18. The third-order valence-electron chi connectivity index (χ3n) is 4.39. The summed E-state index contributed by atoms with van der Waals surface area (Å²) in [5.74, 6) is 0.899. The van der Waals surface area contributed by atoms with E-state index in [4.69, 9.17) is 0 Å². The van der Waals surface area contributed by atoms with Crippen molar-refractivity contribution in [2.45, 2.75) is 32.5 Å². The molecule has 0 fully saturated rings. The molecule has 7 heteroatoms. The number of carbonyl (C=O) groups is 1. The van der Waals surface area contributed by atoms with Gasteiger partial charge in [-0.1, -0.05) is 41.7 Å². The van der Waals surface area contributed by atoms with Crippen molar-refractivity contribution in [3.8, 4) is 0 Å². The second-order valence-corrected chi connectivity index (χ2v) is 6.51. The first kappa shape index (κ1) is 15.0. The molecule has 122 valence electrons. The smallest absolute Gasteiger partial charge is 0.268 e. The van der Waals surface area contributed by atoms with E-state index in [9.17, 15) is 4.79 Å². The van der Waals surface area contributed by atoms with E-state index in [2.05, 4.69) is 31.3 Å². The number of rotatable bonds is 3. The van der Waals surface area contributed by atoms with Gasteiger partial charge in [-0.15, -0.1) is 5.10 Å². The van der Waals surface area contributed by atoms with Crippen LogP contribution in [0.1, 0.15) is 39.7 Å². The average molecular weight is 339 g/mol. The Morgan fingerprint density at radius 1 is 1.33 bits per heavy atom. The second-order valence-electron chi connectivity index (χ2n) is 5.76. The number of aromatic nitrogens is 4. The van der Waals surface area contributed by atoms with E-state index < -0.39 is 0 Å². The summed E-state index contributed by atoms with van der Waals surface area (Å²) < 4.78 is 6.08. The molecule has 0 saturated heterocycles. The van der Waals surface area contributed by atoms with Crippen LogP contribution < -0.4 is 0 Å². The molecule has 24 heavy (non-hydrogen) atoms. The highest BCUT2D eigenvalue weighted by Crippen LogP contribution is 2.31. The van der Waals surface area contributed by atoms with Gasteiger partial charge < -0.3 is 9.47 Å². The quantitative estimate of drug-likeness (QED) is 0.736. The second kappa shape index (κ2) is 6.16. The normalized spacial score (nSPS) is 16.9. The molecule has 1 aromatic carbocycles. The lowest BCUT2D eigenvalue weighted by Crippen LogP contribution is -2.41. The Labute approximate surface area is 143 Å². The van der Waals surface area contributed by atoms with Crippen LogP contribution in [0.25, 0.3) is 0 Å². The highest BCUT2D eigenvalue weighted by molar-refractivity contribution is 7.08. The van der Waals surface area contributed by atoms with Crippen LogP contribution in [0.15, 0.2) is 42.7 Å². The van der Waals surface area contributed by atoms with Gasteiger partial charge in [-0.2, -0.15) is 0 Å². The van der Waals surface area contributed by atoms with E-state index in [0.717, 1.165) is 17.1 Å². The van der Waals surface area contributed by atoms with Crippen LogP contribution >= 0.6 is 11.5 Å². The van der Waals surface area contributed by atoms with E-state index in [1.165, 1.54) is 11.5 Å². The molecule has 1 aliphatic rings. The van der Waals surface area contributed by atoms with E-state index in [1.54, 1.807) is 6.20 Å².